The van der Waals surface area contributed by atoms with Gasteiger partial charge in [0.2, 0.25) is 5.91 Å². The number of nitrogens with one attached hydrogen (secondary N) is 1. The van der Waals surface area contributed by atoms with Gasteiger partial charge in [-0.1, -0.05) is 73.9 Å². The first-order valence-electron chi connectivity index (χ1n) is 12.5. The van der Waals surface area contributed by atoms with Crippen molar-refractivity contribution < 1.29 is 14.3 Å². The van der Waals surface area contributed by atoms with Crippen LogP contribution in [-0.2, 0) is 16.1 Å². The van der Waals surface area contributed by atoms with Gasteiger partial charge < -0.3 is 10.1 Å². The van der Waals surface area contributed by atoms with Crippen LogP contribution in [0.25, 0.3) is 11.3 Å². The molecule has 6 nitrogen and oxygen atoms in total. The van der Waals surface area contributed by atoms with Gasteiger partial charge in [-0.05, 0) is 42.7 Å². The van der Waals surface area contributed by atoms with E-state index < -0.39 is 12.1 Å². The molecule has 5 rings (SSSR count). The minimum atomic E-state index is -0.541. The number of benzene rings is 2. The molecule has 1 saturated carbocycles. The summed E-state index contributed by atoms with van der Waals surface area (Å²) in [6.07, 6.45) is 7.51. The maximum atomic E-state index is 13.0. The Morgan fingerprint density at radius 3 is 2.51 bits per heavy atom. The smallest absolute Gasteiger partial charge is 0.410 e. The molecule has 35 heavy (non-hydrogen) atoms. The topological polar surface area (TPSA) is 71.5 Å². The number of aromatic nitrogens is 1. The van der Waals surface area contributed by atoms with Gasteiger partial charge in [0.25, 0.3) is 0 Å². The predicted octanol–water partition coefficient (Wildman–Crippen LogP) is 6.60. The fourth-order valence-electron chi connectivity index (χ4n) is 5.07. The van der Waals surface area contributed by atoms with Crippen LogP contribution in [0, 0.1) is 0 Å². The third kappa shape index (κ3) is 5.73. The summed E-state index contributed by atoms with van der Waals surface area (Å²) in [7, 11) is 0. The van der Waals surface area contributed by atoms with E-state index in [1.807, 2.05) is 35.7 Å². The maximum absolute atomic E-state index is 13.0. The molecule has 3 aromatic rings. The second kappa shape index (κ2) is 11.0. The summed E-state index contributed by atoms with van der Waals surface area (Å²) in [6.45, 7) is 0.710. The van der Waals surface area contributed by atoms with Crippen molar-refractivity contribution in [3.63, 3.8) is 0 Å². The molecule has 1 aromatic heterocycles. The monoisotopic (exact) mass is 489 g/mol. The molecule has 2 amide bonds. The Morgan fingerprint density at radius 1 is 0.971 bits per heavy atom. The molecule has 1 saturated heterocycles. The van der Waals surface area contributed by atoms with E-state index in [2.05, 4.69) is 34.6 Å². The van der Waals surface area contributed by atoms with Gasteiger partial charge in [-0.2, -0.15) is 0 Å². The number of amides is 2. The molecule has 1 aliphatic carbocycles. The minimum Gasteiger partial charge on any atom is -0.445 e. The fourth-order valence-corrected chi connectivity index (χ4v) is 5.80. The molecule has 1 aliphatic heterocycles. The van der Waals surface area contributed by atoms with Crippen molar-refractivity contribution in [1.29, 1.82) is 0 Å². The average Bonchev–Trinajstić information content (AvgIpc) is 3.59. The molecule has 1 N–H and O–H groups in total. The number of anilines is 1. The van der Waals surface area contributed by atoms with E-state index in [1.54, 1.807) is 0 Å². The standard InChI is InChI=1S/C28H31N3O3S/c32-26(25-12-7-17-31(25)28(33)34-18-20-8-3-1-4-9-20)30-27-29-24(19-35-27)23-15-13-22(14-16-23)21-10-5-2-6-11-21/h1,3-4,8-9,13-16,19,21,25H,2,5-7,10-12,17-18H2,(H,29,30,32)/t25-/m0/s1. The SMILES string of the molecule is O=C(Nc1nc(-c2ccc(C3CCCCC3)cc2)cs1)[C@@H]1CCCN1C(=O)OCc1ccccc1. The van der Waals surface area contributed by atoms with Crippen LogP contribution in [0.3, 0.4) is 0 Å². The second-order valence-corrected chi connectivity index (χ2v) is 10.2. The zero-order chi connectivity index (χ0) is 24.0. The van der Waals surface area contributed by atoms with E-state index in [9.17, 15) is 9.59 Å². The lowest BCUT2D eigenvalue weighted by Gasteiger charge is -2.22. The number of thiazole rings is 1. The number of likely N-dealkylation sites (tertiary alicyclic amines) is 1. The number of hydrogen-bond donors (Lipinski definition) is 1. The number of rotatable bonds is 6. The van der Waals surface area contributed by atoms with Crippen molar-refractivity contribution in [2.45, 2.75) is 63.5 Å². The van der Waals surface area contributed by atoms with Crippen molar-refractivity contribution in [1.82, 2.24) is 9.88 Å². The summed E-state index contributed by atoms with van der Waals surface area (Å²) in [4.78, 5) is 31.8. The third-order valence-corrected chi connectivity index (χ3v) is 7.77. The van der Waals surface area contributed by atoms with Crippen molar-refractivity contribution in [3.05, 3.63) is 71.1 Å². The zero-order valence-electron chi connectivity index (χ0n) is 19.8. The lowest BCUT2D eigenvalue weighted by atomic mass is 9.84. The van der Waals surface area contributed by atoms with E-state index in [0.717, 1.165) is 23.2 Å². The van der Waals surface area contributed by atoms with Crippen LogP contribution in [0.5, 0.6) is 0 Å². The van der Waals surface area contributed by atoms with Gasteiger partial charge in [0.05, 0.1) is 5.69 Å². The Kier molecular flexibility index (Phi) is 7.42. The fraction of sp³-hybridized carbons (Fsp3) is 0.393. The van der Waals surface area contributed by atoms with Gasteiger partial charge in [0, 0.05) is 17.5 Å². The van der Waals surface area contributed by atoms with Crippen LogP contribution in [0.15, 0.2) is 60.0 Å². The second-order valence-electron chi connectivity index (χ2n) is 9.38. The van der Waals surface area contributed by atoms with Gasteiger partial charge in [-0.15, -0.1) is 11.3 Å². The predicted molar refractivity (Wildman–Crippen MR) is 138 cm³/mol. The average molecular weight is 490 g/mol. The number of carbonyl (C=O) groups is 2. The summed E-state index contributed by atoms with van der Waals surface area (Å²) < 4.78 is 5.45. The first-order valence-corrected chi connectivity index (χ1v) is 13.4. The van der Waals surface area contributed by atoms with Crippen molar-refractivity contribution in [2.75, 3.05) is 11.9 Å². The minimum absolute atomic E-state index is 0.194. The van der Waals surface area contributed by atoms with Gasteiger partial charge in [0.15, 0.2) is 5.13 Å². The van der Waals surface area contributed by atoms with Crippen LogP contribution in [0.4, 0.5) is 9.93 Å². The Hall–Kier alpha value is -3.19. The molecule has 0 bridgehead atoms. The third-order valence-electron chi connectivity index (χ3n) is 7.01. The van der Waals surface area contributed by atoms with E-state index in [1.165, 1.54) is 53.9 Å². The lowest BCUT2D eigenvalue weighted by Crippen LogP contribution is -2.43. The van der Waals surface area contributed by atoms with E-state index in [4.69, 9.17) is 4.74 Å². The molecule has 0 radical (unpaired) electrons. The molecule has 2 aliphatic rings. The molecule has 2 fully saturated rings. The molecule has 182 valence electrons. The van der Waals surface area contributed by atoms with Crippen LogP contribution in [0.1, 0.15) is 62.0 Å². The quantitative estimate of drug-likeness (QED) is 0.424. The molecule has 7 heteroatoms. The van der Waals surface area contributed by atoms with Crippen molar-refractivity contribution >= 4 is 28.5 Å². The van der Waals surface area contributed by atoms with Crippen molar-refractivity contribution in [3.8, 4) is 11.3 Å². The Labute approximate surface area is 210 Å². The highest BCUT2D eigenvalue weighted by atomic mass is 32.1. The number of nitrogens with zero attached hydrogens (tertiary/aromatic N) is 2. The van der Waals surface area contributed by atoms with Crippen LogP contribution in [0.2, 0.25) is 0 Å². The summed E-state index contributed by atoms with van der Waals surface area (Å²) in [5.74, 6) is 0.463. The molecular weight excluding hydrogens is 458 g/mol. The maximum Gasteiger partial charge on any atom is 0.410 e. The number of ether oxygens (including phenoxy) is 1. The van der Waals surface area contributed by atoms with E-state index in [-0.39, 0.29) is 12.5 Å². The van der Waals surface area contributed by atoms with Gasteiger partial charge in [0.1, 0.15) is 12.6 Å². The van der Waals surface area contributed by atoms with E-state index in [0.29, 0.717) is 24.0 Å². The largest absolute Gasteiger partial charge is 0.445 e. The van der Waals surface area contributed by atoms with Crippen LogP contribution >= 0.6 is 11.3 Å². The van der Waals surface area contributed by atoms with Gasteiger partial charge in [-0.3, -0.25) is 9.69 Å². The highest BCUT2D eigenvalue weighted by molar-refractivity contribution is 7.14. The first-order chi connectivity index (χ1) is 17.2. The molecule has 2 heterocycles. The normalized spacial score (nSPS) is 18.4. The molecule has 0 unspecified atom stereocenters. The highest BCUT2D eigenvalue weighted by Crippen LogP contribution is 2.34. The molecule has 2 aromatic carbocycles. The summed E-state index contributed by atoms with van der Waals surface area (Å²) in [5, 5.41) is 5.43. The summed E-state index contributed by atoms with van der Waals surface area (Å²) in [5.41, 5.74) is 4.24. The number of hydrogen-bond acceptors (Lipinski definition) is 5. The van der Waals surface area contributed by atoms with Crippen molar-refractivity contribution in [2.24, 2.45) is 0 Å². The summed E-state index contributed by atoms with van der Waals surface area (Å²) in [6, 6.07) is 17.7. The first kappa shape index (κ1) is 23.5. The Bertz CT molecular complexity index is 1140. The molecule has 0 spiro atoms. The van der Waals surface area contributed by atoms with Gasteiger partial charge in [-0.25, -0.2) is 9.78 Å². The lowest BCUT2D eigenvalue weighted by molar-refractivity contribution is -0.120. The van der Waals surface area contributed by atoms with Crippen LogP contribution in [-0.4, -0.2) is 34.5 Å². The van der Waals surface area contributed by atoms with Gasteiger partial charge >= 0.3 is 6.09 Å². The van der Waals surface area contributed by atoms with E-state index >= 15 is 0 Å². The highest BCUT2D eigenvalue weighted by Gasteiger charge is 2.35. The zero-order valence-corrected chi connectivity index (χ0v) is 20.6. The summed E-state index contributed by atoms with van der Waals surface area (Å²) >= 11 is 1.40. The molecular formula is C28H31N3O3S. The number of carbonyl (C=O) groups excluding carboxylic acids is 2. The molecule has 1 atom stereocenters. The Morgan fingerprint density at radius 2 is 1.74 bits per heavy atom. The van der Waals surface area contributed by atoms with Crippen LogP contribution < -0.4 is 5.32 Å². The Balaban J connectivity index is 1.18.